The van der Waals surface area contributed by atoms with E-state index in [-0.39, 0.29) is 16.5 Å². The molecule has 0 amide bonds. The van der Waals surface area contributed by atoms with E-state index in [2.05, 4.69) is 6.92 Å². The Morgan fingerprint density at radius 1 is 1.33 bits per heavy atom. The van der Waals surface area contributed by atoms with Crippen molar-refractivity contribution in [3.63, 3.8) is 0 Å². The van der Waals surface area contributed by atoms with E-state index in [1.54, 1.807) is 12.1 Å². The molecule has 21 heavy (non-hydrogen) atoms. The molecule has 0 spiro atoms. The third-order valence-corrected chi connectivity index (χ3v) is 4.00. The molecule has 1 heterocycles. The molecule has 1 aromatic heterocycles. The third kappa shape index (κ3) is 3.66. The van der Waals surface area contributed by atoms with Crippen LogP contribution in [-0.4, -0.2) is 10.7 Å². The topological polar surface area (TPSA) is 69.4 Å². The van der Waals surface area contributed by atoms with Gasteiger partial charge in [0.1, 0.15) is 5.75 Å². The van der Waals surface area contributed by atoms with Gasteiger partial charge in [0.25, 0.3) is 5.06 Å². The van der Waals surface area contributed by atoms with Gasteiger partial charge in [-0.3, -0.25) is 14.9 Å². The maximum atomic E-state index is 11.3. The second-order valence-electron chi connectivity index (χ2n) is 4.59. The highest BCUT2D eigenvalue weighted by Crippen LogP contribution is 2.39. The summed E-state index contributed by atoms with van der Waals surface area (Å²) in [5, 5.41) is 11.1. The molecule has 0 aliphatic carbocycles. The first-order chi connectivity index (χ1) is 10.0. The fraction of sp³-hybridized carbons (Fsp3) is 0.267. The van der Waals surface area contributed by atoms with Gasteiger partial charge in [0.15, 0.2) is 5.78 Å². The molecule has 0 saturated heterocycles. The predicted molar refractivity (Wildman–Crippen MR) is 81.5 cm³/mol. The molecule has 5 nitrogen and oxygen atoms in total. The van der Waals surface area contributed by atoms with Crippen molar-refractivity contribution in [1.29, 1.82) is 0 Å². The number of aryl methyl sites for hydroxylation is 1. The van der Waals surface area contributed by atoms with Crippen LogP contribution in [0.5, 0.6) is 10.8 Å². The van der Waals surface area contributed by atoms with Gasteiger partial charge in [-0.05, 0) is 31.0 Å². The molecule has 110 valence electrons. The first-order valence-corrected chi connectivity index (χ1v) is 7.39. The summed E-state index contributed by atoms with van der Waals surface area (Å²) in [6.45, 7) is 3.47. The highest BCUT2D eigenvalue weighted by molar-refractivity contribution is 7.16. The number of nitro groups is 1. The van der Waals surface area contributed by atoms with E-state index in [4.69, 9.17) is 4.74 Å². The molecule has 0 saturated carbocycles. The van der Waals surface area contributed by atoms with Crippen LogP contribution in [0.3, 0.4) is 0 Å². The molecule has 1 aromatic carbocycles. The molecule has 6 heteroatoms. The summed E-state index contributed by atoms with van der Waals surface area (Å²) < 4.78 is 5.56. The lowest BCUT2D eigenvalue weighted by Gasteiger charge is -2.04. The van der Waals surface area contributed by atoms with E-state index >= 15 is 0 Å². The average molecular weight is 305 g/mol. The molecule has 0 bridgehead atoms. The number of carbonyl (C=O) groups excluding carboxylic acids is 1. The van der Waals surface area contributed by atoms with Crippen molar-refractivity contribution in [1.82, 2.24) is 0 Å². The van der Waals surface area contributed by atoms with Crippen molar-refractivity contribution < 1.29 is 14.5 Å². The standard InChI is InChI=1S/C15H15NO4S/c1-3-4-11-5-7-12(8-6-11)20-15-13(16(18)19)9-14(21-15)10(2)17/h5-9H,3-4H2,1-2H3. The first-order valence-electron chi connectivity index (χ1n) is 6.57. The van der Waals surface area contributed by atoms with Gasteiger partial charge in [0.05, 0.1) is 9.80 Å². The number of ketones is 1. The van der Waals surface area contributed by atoms with Crippen LogP contribution in [0.2, 0.25) is 0 Å². The quantitative estimate of drug-likeness (QED) is 0.444. The van der Waals surface area contributed by atoms with E-state index in [1.165, 1.54) is 18.6 Å². The summed E-state index contributed by atoms with van der Waals surface area (Å²) in [6.07, 6.45) is 2.03. The number of carbonyl (C=O) groups is 1. The molecule has 0 fully saturated rings. The molecular formula is C15H15NO4S. The Morgan fingerprint density at radius 3 is 2.52 bits per heavy atom. The number of benzene rings is 1. The summed E-state index contributed by atoms with van der Waals surface area (Å²) in [7, 11) is 0. The molecule has 0 aliphatic heterocycles. The maximum Gasteiger partial charge on any atom is 0.323 e. The molecular weight excluding hydrogens is 290 g/mol. The Bertz CT molecular complexity index is 661. The minimum absolute atomic E-state index is 0.133. The fourth-order valence-corrected chi connectivity index (χ4v) is 2.75. The Hall–Kier alpha value is -2.21. The SMILES string of the molecule is CCCc1ccc(Oc2sc(C(C)=O)cc2[N+](=O)[O-])cc1. The molecule has 2 rings (SSSR count). The molecule has 0 aliphatic rings. The van der Waals surface area contributed by atoms with Gasteiger partial charge in [-0.2, -0.15) is 0 Å². The van der Waals surface area contributed by atoms with Crippen molar-refractivity contribution in [3.8, 4) is 10.8 Å². The Kier molecular flexibility index (Phi) is 4.70. The zero-order chi connectivity index (χ0) is 15.4. The van der Waals surface area contributed by atoms with Gasteiger partial charge in [-0.15, -0.1) is 0 Å². The number of nitrogens with zero attached hydrogens (tertiary/aromatic N) is 1. The number of hydrogen-bond donors (Lipinski definition) is 0. The van der Waals surface area contributed by atoms with E-state index in [0.717, 1.165) is 24.2 Å². The minimum Gasteiger partial charge on any atom is -0.440 e. The van der Waals surface area contributed by atoms with Crippen LogP contribution in [0, 0.1) is 10.1 Å². The van der Waals surface area contributed by atoms with Crippen LogP contribution in [-0.2, 0) is 6.42 Å². The summed E-state index contributed by atoms with van der Waals surface area (Å²) in [6, 6.07) is 8.69. The van der Waals surface area contributed by atoms with Crippen LogP contribution in [0.4, 0.5) is 5.69 Å². The maximum absolute atomic E-state index is 11.3. The van der Waals surface area contributed by atoms with Crippen LogP contribution in [0.15, 0.2) is 30.3 Å². The Labute approximate surface area is 126 Å². The first kappa shape index (κ1) is 15.2. The van der Waals surface area contributed by atoms with E-state index < -0.39 is 4.92 Å². The van der Waals surface area contributed by atoms with Crippen LogP contribution >= 0.6 is 11.3 Å². The predicted octanol–water partition coefficient (Wildman–Crippen LogP) is 4.60. The van der Waals surface area contributed by atoms with Crippen molar-refractivity contribution in [3.05, 3.63) is 50.9 Å². The molecule has 0 N–H and O–H groups in total. The highest BCUT2D eigenvalue weighted by atomic mass is 32.1. The lowest BCUT2D eigenvalue weighted by molar-refractivity contribution is -0.385. The van der Waals surface area contributed by atoms with E-state index in [1.807, 2.05) is 12.1 Å². The monoisotopic (exact) mass is 305 g/mol. The highest BCUT2D eigenvalue weighted by Gasteiger charge is 2.22. The number of ether oxygens (including phenoxy) is 1. The molecule has 0 radical (unpaired) electrons. The van der Waals surface area contributed by atoms with Crippen molar-refractivity contribution in [2.75, 3.05) is 0 Å². The Morgan fingerprint density at radius 2 is 2.00 bits per heavy atom. The van der Waals surface area contributed by atoms with Gasteiger partial charge in [-0.1, -0.05) is 36.8 Å². The Balaban J connectivity index is 2.25. The number of Topliss-reactive ketones (excluding diaryl/α,β-unsaturated/α-hetero) is 1. The summed E-state index contributed by atoms with van der Waals surface area (Å²) in [5.41, 5.74) is 1.01. The van der Waals surface area contributed by atoms with Gasteiger partial charge in [0, 0.05) is 6.07 Å². The zero-order valence-corrected chi connectivity index (χ0v) is 12.6. The van der Waals surface area contributed by atoms with Crippen molar-refractivity contribution in [2.24, 2.45) is 0 Å². The van der Waals surface area contributed by atoms with E-state index in [0.29, 0.717) is 10.6 Å². The lowest BCUT2D eigenvalue weighted by atomic mass is 10.1. The minimum atomic E-state index is -0.538. The van der Waals surface area contributed by atoms with Crippen molar-refractivity contribution >= 4 is 22.8 Å². The second kappa shape index (κ2) is 6.49. The average Bonchev–Trinajstić information content (AvgIpc) is 2.86. The van der Waals surface area contributed by atoms with Crippen molar-refractivity contribution in [2.45, 2.75) is 26.7 Å². The molecule has 0 atom stereocenters. The molecule has 2 aromatic rings. The van der Waals surface area contributed by atoms with Crippen LogP contribution in [0.25, 0.3) is 0 Å². The number of hydrogen-bond acceptors (Lipinski definition) is 5. The smallest absolute Gasteiger partial charge is 0.323 e. The van der Waals surface area contributed by atoms with Gasteiger partial charge >= 0.3 is 5.69 Å². The van der Waals surface area contributed by atoms with E-state index in [9.17, 15) is 14.9 Å². The van der Waals surface area contributed by atoms with Gasteiger partial charge < -0.3 is 4.74 Å². The van der Waals surface area contributed by atoms with Gasteiger partial charge in [-0.25, -0.2) is 0 Å². The summed E-state index contributed by atoms with van der Waals surface area (Å²) in [5.74, 6) is 0.311. The third-order valence-electron chi connectivity index (χ3n) is 2.90. The summed E-state index contributed by atoms with van der Waals surface area (Å²) >= 11 is 0.992. The normalized spacial score (nSPS) is 10.4. The number of thiophene rings is 1. The lowest BCUT2D eigenvalue weighted by Crippen LogP contribution is -1.90. The fourth-order valence-electron chi connectivity index (χ4n) is 1.86. The zero-order valence-electron chi connectivity index (χ0n) is 11.8. The molecule has 0 unspecified atom stereocenters. The van der Waals surface area contributed by atoms with Crippen LogP contribution < -0.4 is 4.74 Å². The largest absolute Gasteiger partial charge is 0.440 e. The summed E-state index contributed by atoms with van der Waals surface area (Å²) in [4.78, 5) is 22.1. The number of rotatable bonds is 6. The second-order valence-corrected chi connectivity index (χ2v) is 5.61. The van der Waals surface area contributed by atoms with Crippen LogP contribution in [0.1, 0.15) is 35.5 Å². The van der Waals surface area contributed by atoms with Gasteiger partial charge in [0.2, 0.25) is 0 Å².